The average molecular weight is 244 g/mol. The zero-order valence-corrected chi connectivity index (χ0v) is 11.1. The smallest absolute Gasteiger partial charge is 0.0234 e. The molecule has 1 unspecified atom stereocenters. The Morgan fingerprint density at radius 2 is 1.78 bits per heavy atom. The van der Waals surface area contributed by atoms with Gasteiger partial charge in [0.2, 0.25) is 0 Å². The number of rotatable bonds is 4. The summed E-state index contributed by atoms with van der Waals surface area (Å²) in [5.41, 5.74) is 1.44. The number of benzene rings is 1. The topological polar surface area (TPSA) is 15.3 Å². The van der Waals surface area contributed by atoms with Crippen LogP contribution in [0.5, 0.6) is 0 Å². The average Bonchev–Trinajstić information content (AvgIpc) is 3.03. The van der Waals surface area contributed by atoms with Gasteiger partial charge in [0, 0.05) is 31.7 Å². The van der Waals surface area contributed by atoms with Crippen molar-refractivity contribution < 1.29 is 0 Å². The van der Waals surface area contributed by atoms with E-state index in [9.17, 15) is 0 Å². The van der Waals surface area contributed by atoms with Crippen LogP contribution >= 0.6 is 0 Å². The van der Waals surface area contributed by atoms with Gasteiger partial charge in [-0.05, 0) is 24.8 Å². The Hall–Kier alpha value is -0.860. The van der Waals surface area contributed by atoms with Gasteiger partial charge < -0.3 is 5.32 Å². The SMILES string of the molecule is c1ccc(CN2CCC(NC3CCCC3)C2)cc1. The largest absolute Gasteiger partial charge is 0.310 e. The fraction of sp³-hybridized carbons (Fsp3) is 0.625. The van der Waals surface area contributed by atoms with Crippen LogP contribution in [0, 0.1) is 0 Å². The number of nitrogens with zero attached hydrogens (tertiary/aromatic N) is 1. The molecular formula is C16H24N2. The molecule has 1 saturated heterocycles. The molecule has 2 nitrogen and oxygen atoms in total. The number of hydrogen-bond donors (Lipinski definition) is 1. The molecule has 3 rings (SSSR count). The molecule has 1 aromatic rings. The molecule has 0 amide bonds. The minimum atomic E-state index is 0.733. The molecule has 2 heteroatoms. The highest BCUT2D eigenvalue weighted by Gasteiger charge is 2.25. The normalized spacial score (nSPS) is 25.9. The van der Waals surface area contributed by atoms with Gasteiger partial charge in [0.1, 0.15) is 0 Å². The molecule has 1 saturated carbocycles. The van der Waals surface area contributed by atoms with Crippen molar-refractivity contribution in [1.82, 2.24) is 10.2 Å². The maximum absolute atomic E-state index is 3.85. The van der Waals surface area contributed by atoms with Crippen LogP contribution in [0.1, 0.15) is 37.7 Å². The first kappa shape index (κ1) is 12.2. The van der Waals surface area contributed by atoms with Gasteiger partial charge in [-0.3, -0.25) is 4.90 Å². The molecule has 1 heterocycles. The highest BCUT2D eigenvalue weighted by Crippen LogP contribution is 2.20. The van der Waals surface area contributed by atoms with Crippen LogP contribution in [0.3, 0.4) is 0 Å². The first-order valence-corrected chi connectivity index (χ1v) is 7.42. The van der Waals surface area contributed by atoms with Gasteiger partial charge in [-0.1, -0.05) is 43.2 Å². The Labute approximate surface area is 110 Å². The lowest BCUT2D eigenvalue weighted by atomic mass is 10.2. The Bertz CT molecular complexity index is 357. The van der Waals surface area contributed by atoms with Crippen LogP contribution in [-0.4, -0.2) is 30.1 Å². The molecule has 1 atom stereocenters. The molecule has 2 aliphatic rings. The van der Waals surface area contributed by atoms with E-state index in [1.807, 2.05) is 0 Å². The van der Waals surface area contributed by atoms with E-state index in [0.29, 0.717) is 0 Å². The molecule has 1 aliphatic heterocycles. The lowest BCUT2D eigenvalue weighted by molar-refractivity contribution is 0.314. The minimum Gasteiger partial charge on any atom is -0.310 e. The van der Waals surface area contributed by atoms with Crippen molar-refractivity contribution in [2.75, 3.05) is 13.1 Å². The maximum atomic E-state index is 3.85. The van der Waals surface area contributed by atoms with Gasteiger partial charge in [-0.25, -0.2) is 0 Å². The van der Waals surface area contributed by atoms with E-state index in [2.05, 4.69) is 40.5 Å². The molecule has 1 aromatic carbocycles. The summed E-state index contributed by atoms with van der Waals surface area (Å²) < 4.78 is 0. The van der Waals surface area contributed by atoms with Crippen molar-refractivity contribution in [2.24, 2.45) is 0 Å². The van der Waals surface area contributed by atoms with Crippen LogP contribution in [0.25, 0.3) is 0 Å². The lowest BCUT2D eigenvalue weighted by Gasteiger charge is -2.20. The molecular weight excluding hydrogens is 220 g/mol. The molecule has 98 valence electrons. The molecule has 1 N–H and O–H groups in total. The van der Waals surface area contributed by atoms with Crippen molar-refractivity contribution >= 4 is 0 Å². The van der Waals surface area contributed by atoms with E-state index in [0.717, 1.165) is 18.6 Å². The van der Waals surface area contributed by atoms with Crippen LogP contribution in [0.15, 0.2) is 30.3 Å². The van der Waals surface area contributed by atoms with Gasteiger partial charge in [0.25, 0.3) is 0 Å². The first-order chi connectivity index (χ1) is 8.90. The predicted molar refractivity (Wildman–Crippen MR) is 75.5 cm³/mol. The van der Waals surface area contributed by atoms with E-state index < -0.39 is 0 Å². The fourth-order valence-corrected chi connectivity index (χ4v) is 3.38. The quantitative estimate of drug-likeness (QED) is 0.876. The lowest BCUT2D eigenvalue weighted by Crippen LogP contribution is -2.38. The molecule has 0 bridgehead atoms. The summed E-state index contributed by atoms with van der Waals surface area (Å²) in [5, 5.41) is 3.85. The third-order valence-corrected chi connectivity index (χ3v) is 4.35. The molecule has 0 spiro atoms. The molecule has 18 heavy (non-hydrogen) atoms. The highest BCUT2D eigenvalue weighted by atomic mass is 15.2. The summed E-state index contributed by atoms with van der Waals surface area (Å²) in [6, 6.07) is 12.4. The second-order valence-electron chi connectivity index (χ2n) is 5.85. The molecule has 0 aromatic heterocycles. The fourth-order valence-electron chi connectivity index (χ4n) is 3.38. The molecule has 1 aliphatic carbocycles. The third-order valence-electron chi connectivity index (χ3n) is 4.35. The Morgan fingerprint density at radius 1 is 1.00 bits per heavy atom. The summed E-state index contributed by atoms with van der Waals surface area (Å²) in [6.45, 7) is 3.59. The van der Waals surface area contributed by atoms with Gasteiger partial charge in [0.05, 0.1) is 0 Å². The maximum Gasteiger partial charge on any atom is 0.0234 e. The predicted octanol–water partition coefficient (Wildman–Crippen LogP) is 2.79. The Morgan fingerprint density at radius 3 is 2.56 bits per heavy atom. The monoisotopic (exact) mass is 244 g/mol. The second-order valence-corrected chi connectivity index (χ2v) is 5.85. The van der Waals surface area contributed by atoms with Gasteiger partial charge in [-0.15, -0.1) is 0 Å². The summed E-state index contributed by atoms with van der Waals surface area (Å²) in [6.07, 6.45) is 6.98. The second kappa shape index (κ2) is 5.85. The number of nitrogens with one attached hydrogen (secondary N) is 1. The summed E-state index contributed by atoms with van der Waals surface area (Å²) in [4.78, 5) is 2.59. The number of likely N-dealkylation sites (tertiary alicyclic amines) is 1. The van der Waals surface area contributed by atoms with Crippen molar-refractivity contribution in [3.63, 3.8) is 0 Å². The third kappa shape index (κ3) is 3.12. The number of hydrogen-bond acceptors (Lipinski definition) is 2. The molecule has 2 fully saturated rings. The standard InChI is InChI=1S/C16H24N2/c1-2-6-14(7-3-1)12-18-11-10-16(13-18)17-15-8-4-5-9-15/h1-3,6-7,15-17H,4-5,8-13H2. The van der Waals surface area contributed by atoms with Crippen molar-refractivity contribution in [3.8, 4) is 0 Å². The van der Waals surface area contributed by atoms with Gasteiger partial charge in [-0.2, -0.15) is 0 Å². The Kier molecular flexibility index (Phi) is 3.96. The minimum absolute atomic E-state index is 0.733. The van der Waals surface area contributed by atoms with Crippen LogP contribution in [-0.2, 0) is 6.54 Å². The summed E-state index contributed by atoms with van der Waals surface area (Å²) in [5.74, 6) is 0. The van der Waals surface area contributed by atoms with Gasteiger partial charge >= 0.3 is 0 Å². The zero-order valence-electron chi connectivity index (χ0n) is 11.1. The first-order valence-electron chi connectivity index (χ1n) is 7.42. The van der Waals surface area contributed by atoms with Crippen molar-refractivity contribution in [3.05, 3.63) is 35.9 Å². The van der Waals surface area contributed by atoms with Crippen LogP contribution < -0.4 is 5.32 Å². The van der Waals surface area contributed by atoms with E-state index >= 15 is 0 Å². The van der Waals surface area contributed by atoms with E-state index in [1.165, 1.54) is 50.8 Å². The summed E-state index contributed by atoms with van der Waals surface area (Å²) in [7, 11) is 0. The van der Waals surface area contributed by atoms with E-state index in [1.54, 1.807) is 0 Å². The highest BCUT2D eigenvalue weighted by molar-refractivity contribution is 5.14. The summed E-state index contributed by atoms with van der Waals surface area (Å²) >= 11 is 0. The van der Waals surface area contributed by atoms with E-state index in [-0.39, 0.29) is 0 Å². The zero-order chi connectivity index (χ0) is 12.2. The molecule has 0 radical (unpaired) electrons. The van der Waals surface area contributed by atoms with Crippen molar-refractivity contribution in [1.29, 1.82) is 0 Å². The van der Waals surface area contributed by atoms with E-state index in [4.69, 9.17) is 0 Å². The van der Waals surface area contributed by atoms with Crippen molar-refractivity contribution in [2.45, 2.75) is 50.7 Å². The van der Waals surface area contributed by atoms with Crippen LogP contribution in [0.4, 0.5) is 0 Å². The Balaban J connectivity index is 1.46. The van der Waals surface area contributed by atoms with Crippen LogP contribution in [0.2, 0.25) is 0 Å². The van der Waals surface area contributed by atoms with Gasteiger partial charge in [0.15, 0.2) is 0 Å².